The fraction of sp³-hybridized carbons (Fsp3) is 0.0714. The van der Waals surface area contributed by atoms with Crippen molar-refractivity contribution in [2.75, 3.05) is 11.1 Å². The van der Waals surface area contributed by atoms with E-state index in [1.165, 1.54) is 12.1 Å². The van der Waals surface area contributed by atoms with Crippen molar-refractivity contribution in [2.45, 2.75) is 6.92 Å². The molecule has 0 bridgehead atoms. The van der Waals surface area contributed by atoms with Crippen molar-refractivity contribution in [1.82, 2.24) is 0 Å². The number of amides is 1. The van der Waals surface area contributed by atoms with Crippen LogP contribution in [-0.2, 0) is 0 Å². The summed E-state index contributed by atoms with van der Waals surface area (Å²) < 4.78 is 14.1. The van der Waals surface area contributed by atoms with Gasteiger partial charge in [-0.25, -0.2) is 4.39 Å². The van der Waals surface area contributed by atoms with Gasteiger partial charge in [0.25, 0.3) is 5.91 Å². The first kappa shape index (κ1) is 13.5. The van der Waals surface area contributed by atoms with Crippen LogP contribution in [0.1, 0.15) is 15.9 Å². The van der Waals surface area contributed by atoms with Gasteiger partial charge in [-0.3, -0.25) is 4.79 Å². The smallest absolute Gasteiger partial charge is 0.257 e. The van der Waals surface area contributed by atoms with Crippen molar-refractivity contribution < 1.29 is 9.18 Å². The summed E-state index contributed by atoms with van der Waals surface area (Å²) in [5, 5.41) is 2.69. The van der Waals surface area contributed by atoms with E-state index in [0.29, 0.717) is 5.69 Å². The maximum atomic E-state index is 13.1. The van der Waals surface area contributed by atoms with E-state index in [9.17, 15) is 9.18 Å². The van der Waals surface area contributed by atoms with E-state index >= 15 is 0 Å². The molecule has 1 amide bonds. The molecule has 2 aromatic rings. The maximum Gasteiger partial charge on any atom is 0.257 e. The quantitative estimate of drug-likeness (QED) is 0.828. The highest BCUT2D eigenvalue weighted by atomic mass is 79.9. The van der Waals surface area contributed by atoms with Crippen molar-refractivity contribution in [1.29, 1.82) is 0 Å². The molecule has 0 aliphatic heterocycles. The van der Waals surface area contributed by atoms with Crippen LogP contribution in [0.15, 0.2) is 40.9 Å². The first-order chi connectivity index (χ1) is 8.97. The highest BCUT2D eigenvalue weighted by Crippen LogP contribution is 2.21. The molecular formula is C14H12BrFN2O. The molecule has 0 heterocycles. The van der Waals surface area contributed by atoms with Crippen LogP contribution in [0.5, 0.6) is 0 Å². The summed E-state index contributed by atoms with van der Waals surface area (Å²) in [6.07, 6.45) is 0. The molecule has 3 N–H and O–H groups in total. The average molecular weight is 323 g/mol. The van der Waals surface area contributed by atoms with Crippen LogP contribution in [0.4, 0.5) is 15.8 Å². The second kappa shape index (κ2) is 5.40. The largest absolute Gasteiger partial charge is 0.398 e. The van der Waals surface area contributed by atoms with E-state index in [1.807, 2.05) is 19.1 Å². The summed E-state index contributed by atoms with van der Waals surface area (Å²) in [6, 6.07) is 9.12. The fourth-order valence-electron chi connectivity index (χ4n) is 1.65. The van der Waals surface area contributed by atoms with Crippen LogP contribution in [0, 0.1) is 12.7 Å². The zero-order valence-corrected chi connectivity index (χ0v) is 11.8. The second-order valence-electron chi connectivity index (χ2n) is 4.15. The summed E-state index contributed by atoms with van der Waals surface area (Å²) in [4.78, 5) is 12.0. The van der Waals surface area contributed by atoms with Gasteiger partial charge in [0.2, 0.25) is 0 Å². The van der Waals surface area contributed by atoms with E-state index in [0.717, 1.165) is 16.1 Å². The number of aryl methyl sites for hydroxylation is 1. The lowest BCUT2D eigenvalue weighted by Gasteiger charge is -2.09. The van der Waals surface area contributed by atoms with Gasteiger partial charge in [0.1, 0.15) is 5.82 Å². The number of benzene rings is 2. The number of hydrogen-bond acceptors (Lipinski definition) is 2. The van der Waals surface area contributed by atoms with Gasteiger partial charge in [-0.1, -0.05) is 15.9 Å². The van der Waals surface area contributed by atoms with Crippen LogP contribution >= 0.6 is 15.9 Å². The number of rotatable bonds is 2. The molecule has 0 aliphatic carbocycles. The van der Waals surface area contributed by atoms with Gasteiger partial charge in [0, 0.05) is 15.8 Å². The molecule has 98 valence electrons. The molecular weight excluding hydrogens is 311 g/mol. The third kappa shape index (κ3) is 3.12. The molecule has 19 heavy (non-hydrogen) atoms. The van der Waals surface area contributed by atoms with Gasteiger partial charge >= 0.3 is 0 Å². The molecule has 0 atom stereocenters. The first-order valence-corrected chi connectivity index (χ1v) is 6.39. The van der Waals surface area contributed by atoms with Crippen LogP contribution in [0.25, 0.3) is 0 Å². The third-order valence-corrected chi connectivity index (χ3v) is 3.57. The Morgan fingerprint density at radius 1 is 1.26 bits per heavy atom. The van der Waals surface area contributed by atoms with Gasteiger partial charge in [-0.2, -0.15) is 0 Å². The Kier molecular flexibility index (Phi) is 3.85. The summed E-state index contributed by atoms with van der Waals surface area (Å²) in [5.74, 6) is -0.926. The number of nitrogens with one attached hydrogen (secondary N) is 1. The number of anilines is 2. The molecule has 3 nitrogen and oxygen atoms in total. The predicted octanol–water partition coefficient (Wildman–Crippen LogP) is 3.73. The number of nitrogen functional groups attached to an aromatic ring is 1. The number of carbonyl (C=O) groups excluding carboxylic acids is 1. The standard InChI is InChI=1S/C14H12BrFN2O/c1-8-6-10(3-4-12(8)15)18-14(19)11-7-9(16)2-5-13(11)17/h2-7H,17H2,1H3,(H,18,19). The van der Waals surface area contributed by atoms with Crippen LogP contribution in [0.3, 0.4) is 0 Å². The summed E-state index contributed by atoms with van der Waals surface area (Å²) in [5.41, 5.74) is 7.66. The first-order valence-electron chi connectivity index (χ1n) is 5.60. The molecule has 0 fully saturated rings. The fourth-order valence-corrected chi connectivity index (χ4v) is 1.89. The summed E-state index contributed by atoms with van der Waals surface area (Å²) in [6.45, 7) is 1.91. The Morgan fingerprint density at radius 3 is 2.68 bits per heavy atom. The van der Waals surface area contributed by atoms with E-state index in [1.54, 1.807) is 6.07 Å². The summed E-state index contributed by atoms with van der Waals surface area (Å²) >= 11 is 3.38. The molecule has 2 aromatic carbocycles. The third-order valence-electron chi connectivity index (χ3n) is 2.68. The lowest BCUT2D eigenvalue weighted by molar-refractivity contribution is 0.102. The van der Waals surface area contributed by atoms with Gasteiger partial charge in [-0.15, -0.1) is 0 Å². The van der Waals surface area contributed by atoms with Crippen molar-refractivity contribution in [2.24, 2.45) is 0 Å². The van der Waals surface area contributed by atoms with Gasteiger partial charge < -0.3 is 11.1 Å². The van der Waals surface area contributed by atoms with E-state index in [2.05, 4.69) is 21.2 Å². The lowest BCUT2D eigenvalue weighted by atomic mass is 10.1. The molecule has 2 rings (SSSR count). The zero-order chi connectivity index (χ0) is 14.0. The molecule has 0 spiro atoms. The Labute approximate surface area is 118 Å². The van der Waals surface area contributed by atoms with Gasteiger partial charge in [-0.05, 0) is 48.9 Å². The van der Waals surface area contributed by atoms with E-state index in [-0.39, 0.29) is 11.3 Å². The second-order valence-corrected chi connectivity index (χ2v) is 5.00. The minimum Gasteiger partial charge on any atom is -0.398 e. The molecule has 5 heteroatoms. The van der Waals surface area contributed by atoms with Gasteiger partial charge in [0.05, 0.1) is 5.56 Å². The lowest BCUT2D eigenvalue weighted by Crippen LogP contribution is -2.14. The average Bonchev–Trinajstić information content (AvgIpc) is 2.36. The Hall–Kier alpha value is -1.88. The Balaban J connectivity index is 2.25. The van der Waals surface area contributed by atoms with Crippen molar-refractivity contribution >= 4 is 33.2 Å². The molecule has 0 unspecified atom stereocenters. The minimum absolute atomic E-state index is 0.126. The maximum absolute atomic E-state index is 13.1. The van der Waals surface area contributed by atoms with Crippen molar-refractivity contribution in [3.63, 3.8) is 0 Å². The van der Waals surface area contributed by atoms with E-state index in [4.69, 9.17) is 5.73 Å². The molecule has 0 saturated carbocycles. The van der Waals surface area contributed by atoms with Crippen LogP contribution in [0.2, 0.25) is 0 Å². The van der Waals surface area contributed by atoms with Crippen molar-refractivity contribution in [3.05, 3.63) is 57.8 Å². The number of hydrogen-bond donors (Lipinski definition) is 2. The summed E-state index contributed by atoms with van der Waals surface area (Å²) in [7, 11) is 0. The normalized spacial score (nSPS) is 10.3. The highest BCUT2D eigenvalue weighted by Gasteiger charge is 2.11. The van der Waals surface area contributed by atoms with E-state index < -0.39 is 11.7 Å². The van der Waals surface area contributed by atoms with Crippen molar-refractivity contribution in [3.8, 4) is 0 Å². The topological polar surface area (TPSA) is 55.1 Å². The number of carbonyl (C=O) groups is 1. The number of halogens is 2. The zero-order valence-electron chi connectivity index (χ0n) is 10.2. The predicted molar refractivity (Wildman–Crippen MR) is 77.6 cm³/mol. The molecule has 0 aliphatic rings. The number of nitrogens with two attached hydrogens (primary N) is 1. The Morgan fingerprint density at radius 2 is 2.00 bits per heavy atom. The Bertz CT molecular complexity index is 643. The minimum atomic E-state index is -0.494. The van der Waals surface area contributed by atoms with Crippen LogP contribution in [-0.4, -0.2) is 5.91 Å². The van der Waals surface area contributed by atoms with Gasteiger partial charge in [0.15, 0.2) is 0 Å². The molecule has 0 aromatic heterocycles. The molecule has 0 radical (unpaired) electrons. The van der Waals surface area contributed by atoms with Crippen LogP contribution < -0.4 is 11.1 Å². The molecule has 0 saturated heterocycles. The monoisotopic (exact) mass is 322 g/mol. The highest BCUT2D eigenvalue weighted by molar-refractivity contribution is 9.10. The SMILES string of the molecule is Cc1cc(NC(=O)c2cc(F)ccc2N)ccc1Br.